The fraction of sp³-hybridized carbons (Fsp3) is 0.333. The predicted octanol–water partition coefficient (Wildman–Crippen LogP) is 2.88. The number of hydrogen-bond acceptors (Lipinski definition) is 3. The Hall–Kier alpha value is -1.28. The molecule has 0 saturated carbocycles. The number of nitrogens with two attached hydrogens (primary N) is 1. The van der Waals surface area contributed by atoms with Crippen molar-refractivity contribution >= 4 is 16.8 Å². The van der Waals surface area contributed by atoms with Crippen molar-refractivity contribution in [3.05, 3.63) is 28.6 Å². The Morgan fingerprint density at radius 2 is 2.00 bits per heavy atom. The number of carbonyl (C=O) groups excluding carboxylic acids is 1. The molecule has 1 aromatic rings. The van der Waals surface area contributed by atoms with Gasteiger partial charge in [0.2, 0.25) is 0 Å². The first-order valence-electron chi connectivity index (χ1n) is 4.47. The lowest BCUT2D eigenvalue weighted by atomic mass is 10.0. The lowest BCUT2D eigenvalue weighted by Gasteiger charge is -2.16. The zero-order valence-electron chi connectivity index (χ0n) is 8.56. The van der Waals surface area contributed by atoms with Crippen LogP contribution in [0.25, 0.3) is 0 Å². The van der Waals surface area contributed by atoms with Gasteiger partial charge in [0.15, 0.2) is 0 Å². The van der Waals surface area contributed by atoms with Crippen LogP contribution in [0.1, 0.15) is 33.6 Å². The third kappa shape index (κ3) is 2.75. The molecule has 0 atom stereocenters. The van der Waals surface area contributed by atoms with Crippen LogP contribution in [0.4, 0.5) is 22.0 Å². The minimum Gasteiger partial charge on any atom is -0.325 e. The molecule has 0 radical (unpaired) electrons. The van der Waals surface area contributed by atoms with Crippen molar-refractivity contribution in [3.63, 3.8) is 0 Å². The van der Waals surface area contributed by atoms with Crippen molar-refractivity contribution in [1.29, 1.82) is 0 Å². The second-order valence-electron chi connectivity index (χ2n) is 3.18. The number of pyridine rings is 1. The molecule has 1 aromatic heterocycles. The number of rotatable bonds is 3. The molecule has 0 fully saturated rings. The van der Waals surface area contributed by atoms with Crippen LogP contribution in [-0.4, -0.2) is 10.2 Å². The predicted molar refractivity (Wildman–Crippen MR) is 52.3 cm³/mol. The van der Waals surface area contributed by atoms with E-state index in [9.17, 15) is 26.7 Å². The van der Waals surface area contributed by atoms with Gasteiger partial charge < -0.3 is 5.73 Å². The van der Waals surface area contributed by atoms with Gasteiger partial charge in [0.1, 0.15) is 0 Å². The van der Waals surface area contributed by atoms with Crippen molar-refractivity contribution in [2.75, 3.05) is 0 Å². The van der Waals surface area contributed by atoms with Crippen LogP contribution in [0.5, 0.6) is 0 Å². The van der Waals surface area contributed by atoms with Crippen molar-refractivity contribution in [2.24, 2.45) is 5.73 Å². The molecular weight excluding hydrogens is 283 g/mol. The average Bonchev–Trinajstić information content (AvgIpc) is 2.25. The highest BCUT2D eigenvalue weighted by molar-refractivity contribution is 6.68. The molecule has 2 N–H and O–H groups in total. The molecule has 18 heavy (non-hydrogen) atoms. The second-order valence-corrected chi connectivity index (χ2v) is 3.53. The van der Waals surface area contributed by atoms with Gasteiger partial charge in [-0.25, -0.2) is 8.78 Å². The minimum atomic E-state index is -5.06. The number of halogens is 6. The highest BCUT2D eigenvalue weighted by atomic mass is 35.5. The Kier molecular flexibility index (Phi) is 4.23. The third-order valence-electron chi connectivity index (χ3n) is 2.11. The molecule has 0 saturated heterocycles. The van der Waals surface area contributed by atoms with Crippen molar-refractivity contribution in [3.8, 4) is 0 Å². The summed E-state index contributed by atoms with van der Waals surface area (Å²) in [5.41, 5.74) is 0.547. The summed E-state index contributed by atoms with van der Waals surface area (Å²) in [7, 11) is 0. The van der Waals surface area contributed by atoms with Gasteiger partial charge in [-0.3, -0.25) is 9.78 Å². The zero-order valence-corrected chi connectivity index (χ0v) is 9.32. The summed E-state index contributed by atoms with van der Waals surface area (Å²) in [5.74, 6) is 0. The fourth-order valence-electron chi connectivity index (χ4n) is 1.39. The van der Waals surface area contributed by atoms with Gasteiger partial charge in [-0.15, -0.1) is 0 Å². The first-order chi connectivity index (χ1) is 8.20. The molecule has 0 amide bonds. The zero-order chi connectivity index (χ0) is 14.1. The SMILES string of the molecule is NCc1ncc(C(F)(F)F)c(C(F)F)c1C(=O)Cl. The van der Waals surface area contributed by atoms with Gasteiger partial charge in [0.05, 0.1) is 16.8 Å². The first-order valence-corrected chi connectivity index (χ1v) is 4.85. The summed E-state index contributed by atoms with van der Waals surface area (Å²) in [6, 6.07) is 0. The molecule has 3 nitrogen and oxygen atoms in total. The fourth-order valence-corrected chi connectivity index (χ4v) is 1.60. The summed E-state index contributed by atoms with van der Waals surface area (Å²) >= 11 is 5.02. The maximum absolute atomic E-state index is 12.7. The van der Waals surface area contributed by atoms with Gasteiger partial charge >= 0.3 is 6.18 Å². The standard InChI is InChI=1S/C9H6ClF5N2O/c10-7(18)6-4(1-16)17-2-3(9(13,14)15)5(6)8(11)12/h2,8H,1,16H2. The summed E-state index contributed by atoms with van der Waals surface area (Å²) in [6.45, 7) is -0.481. The van der Waals surface area contributed by atoms with Gasteiger partial charge in [0.25, 0.3) is 11.7 Å². The van der Waals surface area contributed by atoms with Crippen LogP contribution in [-0.2, 0) is 12.7 Å². The Bertz CT molecular complexity index is 475. The molecule has 0 aromatic carbocycles. The molecule has 9 heteroatoms. The van der Waals surface area contributed by atoms with Crippen LogP contribution in [0.2, 0.25) is 0 Å². The van der Waals surface area contributed by atoms with E-state index in [2.05, 4.69) is 4.98 Å². The van der Waals surface area contributed by atoms with E-state index < -0.39 is 46.8 Å². The maximum atomic E-state index is 12.7. The topological polar surface area (TPSA) is 56.0 Å². The maximum Gasteiger partial charge on any atom is 0.418 e. The van der Waals surface area contributed by atoms with E-state index in [4.69, 9.17) is 17.3 Å². The summed E-state index contributed by atoms with van der Waals surface area (Å²) < 4.78 is 63.0. The van der Waals surface area contributed by atoms with E-state index >= 15 is 0 Å². The van der Waals surface area contributed by atoms with E-state index in [1.165, 1.54) is 0 Å². The Labute approximate surface area is 103 Å². The Morgan fingerprint density at radius 3 is 2.33 bits per heavy atom. The van der Waals surface area contributed by atoms with E-state index in [1.807, 2.05) is 0 Å². The van der Waals surface area contributed by atoms with E-state index in [-0.39, 0.29) is 6.20 Å². The van der Waals surface area contributed by atoms with Crippen LogP contribution in [0.3, 0.4) is 0 Å². The molecule has 1 heterocycles. The normalized spacial score (nSPS) is 12.0. The minimum absolute atomic E-state index is 0.215. The molecule has 1 rings (SSSR count). The summed E-state index contributed by atoms with van der Waals surface area (Å²) in [4.78, 5) is 14.2. The summed E-state index contributed by atoms with van der Waals surface area (Å²) in [6.07, 6.45) is -8.37. The molecule has 0 spiro atoms. The quantitative estimate of drug-likeness (QED) is 0.687. The molecule has 0 unspecified atom stereocenters. The van der Waals surface area contributed by atoms with Crippen molar-refractivity contribution < 1.29 is 26.7 Å². The monoisotopic (exact) mass is 288 g/mol. The van der Waals surface area contributed by atoms with Gasteiger partial charge in [0, 0.05) is 18.3 Å². The molecule has 0 bridgehead atoms. The first kappa shape index (κ1) is 14.8. The highest BCUT2D eigenvalue weighted by Gasteiger charge is 2.39. The smallest absolute Gasteiger partial charge is 0.325 e. The largest absolute Gasteiger partial charge is 0.418 e. The van der Waals surface area contributed by atoms with Gasteiger partial charge in [-0.2, -0.15) is 13.2 Å². The Morgan fingerprint density at radius 1 is 1.44 bits per heavy atom. The molecule has 100 valence electrons. The molecule has 0 aliphatic heterocycles. The average molecular weight is 289 g/mol. The van der Waals surface area contributed by atoms with Crippen LogP contribution >= 0.6 is 11.6 Å². The van der Waals surface area contributed by atoms with Crippen molar-refractivity contribution in [1.82, 2.24) is 4.98 Å². The van der Waals surface area contributed by atoms with Crippen LogP contribution in [0, 0.1) is 0 Å². The van der Waals surface area contributed by atoms with Gasteiger partial charge in [-0.05, 0) is 11.6 Å². The number of hydrogen-bond donors (Lipinski definition) is 1. The number of nitrogens with zero attached hydrogens (tertiary/aromatic N) is 1. The highest BCUT2D eigenvalue weighted by Crippen LogP contribution is 2.38. The second kappa shape index (κ2) is 5.15. The van der Waals surface area contributed by atoms with Crippen LogP contribution in [0.15, 0.2) is 6.20 Å². The summed E-state index contributed by atoms with van der Waals surface area (Å²) in [5, 5.41) is -1.45. The van der Waals surface area contributed by atoms with Crippen molar-refractivity contribution in [2.45, 2.75) is 19.1 Å². The van der Waals surface area contributed by atoms with Crippen LogP contribution < -0.4 is 5.73 Å². The van der Waals surface area contributed by atoms with E-state index in [0.717, 1.165) is 0 Å². The lowest BCUT2D eigenvalue weighted by Crippen LogP contribution is -2.18. The number of carbonyl (C=O) groups is 1. The number of aromatic nitrogens is 1. The molecule has 0 aliphatic rings. The van der Waals surface area contributed by atoms with Gasteiger partial charge in [-0.1, -0.05) is 0 Å². The molecular formula is C9H6ClF5N2O. The number of alkyl halides is 5. The third-order valence-corrected chi connectivity index (χ3v) is 2.30. The van der Waals surface area contributed by atoms with E-state index in [0.29, 0.717) is 0 Å². The Balaban J connectivity index is 3.68. The lowest BCUT2D eigenvalue weighted by molar-refractivity contribution is -0.139. The molecule has 0 aliphatic carbocycles. The van der Waals surface area contributed by atoms with E-state index in [1.54, 1.807) is 0 Å².